The Morgan fingerprint density at radius 2 is 2.00 bits per heavy atom. The number of amides is 1. The van der Waals surface area contributed by atoms with Crippen molar-refractivity contribution in [2.75, 3.05) is 11.9 Å². The average Bonchev–Trinajstić information content (AvgIpc) is 2.68. The highest BCUT2D eigenvalue weighted by Crippen LogP contribution is 2.30. The van der Waals surface area contributed by atoms with Crippen molar-refractivity contribution in [3.63, 3.8) is 0 Å². The van der Waals surface area contributed by atoms with E-state index in [-0.39, 0.29) is 11.7 Å². The number of anilines is 1. The number of fused-ring (bicyclic) bond motifs is 1. The van der Waals surface area contributed by atoms with Gasteiger partial charge in [0.15, 0.2) is 0 Å². The molecular weight excluding hydrogens is 340 g/mol. The molecule has 1 aliphatic heterocycles. The lowest BCUT2D eigenvalue weighted by atomic mass is 10.0. The van der Waals surface area contributed by atoms with E-state index in [4.69, 9.17) is 9.47 Å². The van der Waals surface area contributed by atoms with Crippen molar-refractivity contribution in [2.24, 2.45) is 0 Å². The molecule has 1 amide bonds. The van der Waals surface area contributed by atoms with Crippen LogP contribution in [0.25, 0.3) is 6.08 Å². The quantitative estimate of drug-likeness (QED) is 0.636. The molecule has 5 heteroatoms. The van der Waals surface area contributed by atoms with Crippen LogP contribution in [-0.4, -0.2) is 18.6 Å². The van der Waals surface area contributed by atoms with Crippen molar-refractivity contribution in [2.45, 2.75) is 20.0 Å². The second-order valence-electron chi connectivity index (χ2n) is 6.02. The average molecular weight is 360 g/mol. The van der Waals surface area contributed by atoms with Crippen LogP contribution in [0.15, 0.2) is 65.8 Å². The molecule has 0 fully saturated rings. The molecule has 0 spiro atoms. The summed E-state index contributed by atoms with van der Waals surface area (Å²) in [5.41, 5.74) is 2.31. The molecule has 2 aromatic carbocycles. The summed E-state index contributed by atoms with van der Waals surface area (Å²) in [6.07, 6.45) is 3.26. The topological polar surface area (TPSA) is 71.3 Å². The maximum absolute atomic E-state index is 12.5. The van der Waals surface area contributed by atoms with E-state index in [1.807, 2.05) is 50.3 Å². The van der Waals surface area contributed by atoms with Crippen molar-refractivity contribution in [3.8, 4) is 17.6 Å². The first kappa shape index (κ1) is 18.3. The van der Waals surface area contributed by atoms with E-state index in [0.29, 0.717) is 12.3 Å². The molecule has 0 aliphatic carbocycles. The monoisotopic (exact) mass is 360 g/mol. The first-order valence-corrected chi connectivity index (χ1v) is 8.74. The molecule has 0 aromatic heterocycles. The Labute approximate surface area is 158 Å². The fourth-order valence-electron chi connectivity index (χ4n) is 2.74. The Balaban J connectivity index is 1.79. The first-order valence-electron chi connectivity index (χ1n) is 8.74. The third kappa shape index (κ3) is 4.36. The van der Waals surface area contributed by atoms with Crippen molar-refractivity contribution >= 4 is 17.7 Å². The molecule has 136 valence electrons. The van der Waals surface area contributed by atoms with Crippen LogP contribution in [0.5, 0.6) is 11.5 Å². The molecule has 0 bridgehead atoms. The summed E-state index contributed by atoms with van der Waals surface area (Å²) in [7, 11) is 0. The Morgan fingerprint density at radius 1 is 1.26 bits per heavy atom. The van der Waals surface area contributed by atoms with Crippen LogP contribution in [0, 0.1) is 11.3 Å². The largest absolute Gasteiger partial charge is 0.494 e. The normalized spacial score (nSPS) is 15.7. The number of para-hydroxylation sites is 1. The number of nitrogens with zero attached hydrogens (tertiary/aromatic N) is 1. The van der Waals surface area contributed by atoms with Crippen molar-refractivity contribution in [1.82, 2.24) is 0 Å². The van der Waals surface area contributed by atoms with Crippen molar-refractivity contribution < 1.29 is 14.3 Å². The van der Waals surface area contributed by atoms with E-state index >= 15 is 0 Å². The predicted octanol–water partition coefficient (Wildman–Crippen LogP) is 4.34. The van der Waals surface area contributed by atoms with Gasteiger partial charge in [-0.1, -0.05) is 18.2 Å². The number of hydrogen-bond donors (Lipinski definition) is 1. The number of carbonyl (C=O) groups excluding carboxylic acids is 1. The highest BCUT2D eigenvalue weighted by molar-refractivity contribution is 6.07. The fourth-order valence-corrected chi connectivity index (χ4v) is 2.74. The second kappa shape index (κ2) is 8.24. The predicted molar refractivity (Wildman–Crippen MR) is 104 cm³/mol. The molecule has 27 heavy (non-hydrogen) atoms. The van der Waals surface area contributed by atoms with Crippen LogP contribution in [0.1, 0.15) is 19.4 Å². The number of nitrogens with one attached hydrogen (secondary N) is 1. The molecule has 3 rings (SSSR count). The highest BCUT2D eigenvalue weighted by Gasteiger charge is 2.19. The Morgan fingerprint density at radius 3 is 2.70 bits per heavy atom. The van der Waals surface area contributed by atoms with Crippen LogP contribution in [0.4, 0.5) is 5.69 Å². The zero-order chi connectivity index (χ0) is 19.2. The number of hydrogen-bond acceptors (Lipinski definition) is 4. The minimum absolute atomic E-state index is 0.0185. The molecule has 0 saturated carbocycles. The molecule has 1 atom stereocenters. The first-order chi connectivity index (χ1) is 13.1. The molecule has 2 aromatic rings. The molecular formula is C22H20N2O3. The molecule has 0 radical (unpaired) electrons. The Bertz CT molecular complexity index is 937. The van der Waals surface area contributed by atoms with Gasteiger partial charge in [0.25, 0.3) is 5.91 Å². The van der Waals surface area contributed by atoms with Gasteiger partial charge in [-0.3, -0.25) is 4.79 Å². The standard InChI is InChI=1S/C22H20N2O3/c1-3-26-20-10-8-19(9-11-20)24-22(25)18(14-23)13-17-12-16-6-4-5-7-21(16)27-15(17)2/h4-13,15H,3H2,1-2H3,(H,24,25)/b18-13+/t15-/m1/s1. The highest BCUT2D eigenvalue weighted by atomic mass is 16.5. The number of carbonyl (C=O) groups is 1. The summed E-state index contributed by atoms with van der Waals surface area (Å²) in [4.78, 5) is 12.5. The summed E-state index contributed by atoms with van der Waals surface area (Å²) in [6, 6.07) is 16.6. The summed E-state index contributed by atoms with van der Waals surface area (Å²) in [5, 5.41) is 12.2. The van der Waals surface area contributed by atoms with E-state index in [1.54, 1.807) is 30.3 Å². The number of rotatable bonds is 5. The maximum Gasteiger partial charge on any atom is 0.266 e. The molecule has 0 saturated heterocycles. The minimum Gasteiger partial charge on any atom is -0.494 e. The SMILES string of the molecule is CCOc1ccc(NC(=O)/C(C#N)=C/C2=Cc3ccccc3O[C@@H]2C)cc1. The van der Waals surface area contributed by atoms with E-state index in [2.05, 4.69) is 5.32 Å². The van der Waals surface area contributed by atoms with E-state index in [9.17, 15) is 10.1 Å². The van der Waals surface area contributed by atoms with Crippen LogP contribution in [0.2, 0.25) is 0 Å². The van der Waals surface area contributed by atoms with Gasteiger partial charge in [-0.25, -0.2) is 0 Å². The third-order valence-corrected chi connectivity index (χ3v) is 4.11. The second-order valence-corrected chi connectivity index (χ2v) is 6.02. The van der Waals surface area contributed by atoms with E-state index in [0.717, 1.165) is 22.6 Å². The van der Waals surface area contributed by atoms with Gasteiger partial charge in [0, 0.05) is 11.3 Å². The smallest absolute Gasteiger partial charge is 0.266 e. The lowest BCUT2D eigenvalue weighted by Gasteiger charge is -2.23. The number of nitriles is 1. The lowest BCUT2D eigenvalue weighted by Crippen LogP contribution is -2.20. The molecule has 1 aliphatic rings. The van der Waals surface area contributed by atoms with Gasteiger partial charge in [0.2, 0.25) is 0 Å². The van der Waals surface area contributed by atoms with E-state index in [1.165, 1.54) is 0 Å². The van der Waals surface area contributed by atoms with Crippen molar-refractivity contribution in [1.29, 1.82) is 5.26 Å². The number of benzene rings is 2. The van der Waals surface area contributed by atoms with Crippen LogP contribution < -0.4 is 14.8 Å². The van der Waals surface area contributed by atoms with Crippen LogP contribution in [-0.2, 0) is 4.79 Å². The summed E-state index contributed by atoms with van der Waals surface area (Å²) in [6.45, 7) is 4.37. The summed E-state index contributed by atoms with van der Waals surface area (Å²) < 4.78 is 11.2. The van der Waals surface area contributed by atoms with Gasteiger partial charge in [0.05, 0.1) is 6.61 Å². The maximum atomic E-state index is 12.5. The lowest BCUT2D eigenvalue weighted by molar-refractivity contribution is -0.112. The van der Waals surface area contributed by atoms with Gasteiger partial charge in [-0.05, 0) is 61.9 Å². The van der Waals surface area contributed by atoms with Gasteiger partial charge in [-0.2, -0.15) is 5.26 Å². The summed E-state index contributed by atoms with van der Waals surface area (Å²) >= 11 is 0. The Hall–Kier alpha value is -3.52. The van der Waals surface area contributed by atoms with Gasteiger partial charge >= 0.3 is 0 Å². The zero-order valence-electron chi connectivity index (χ0n) is 15.2. The molecule has 0 unspecified atom stereocenters. The fraction of sp³-hybridized carbons (Fsp3) is 0.182. The van der Waals surface area contributed by atoms with E-state index < -0.39 is 5.91 Å². The number of ether oxygens (including phenoxy) is 2. The Kier molecular flexibility index (Phi) is 5.58. The van der Waals surface area contributed by atoms with Crippen molar-refractivity contribution in [3.05, 3.63) is 71.3 Å². The molecule has 1 N–H and O–H groups in total. The zero-order valence-corrected chi connectivity index (χ0v) is 15.2. The summed E-state index contributed by atoms with van der Waals surface area (Å²) in [5.74, 6) is 1.05. The van der Waals surface area contributed by atoms with Gasteiger partial charge in [0.1, 0.15) is 29.2 Å². The van der Waals surface area contributed by atoms with Crippen LogP contribution >= 0.6 is 0 Å². The third-order valence-electron chi connectivity index (χ3n) is 4.11. The minimum atomic E-state index is -0.464. The van der Waals surface area contributed by atoms with Gasteiger partial charge < -0.3 is 14.8 Å². The molecule has 5 nitrogen and oxygen atoms in total. The van der Waals surface area contributed by atoms with Gasteiger partial charge in [-0.15, -0.1) is 0 Å². The molecule has 1 heterocycles. The van der Waals surface area contributed by atoms with Crippen LogP contribution in [0.3, 0.4) is 0 Å².